The van der Waals surface area contributed by atoms with E-state index in [2.05, 4.69) is 6.07 Å². The number of piperazine rings is 2. The summed E-state index contributed by atoms with van der Waals surface area (Å²) in [5.41, 5.74) is 6.54. The Hall–Kier alpha value is -5.64. The molecule has 0 radical (unpaired) electrons. The molecule has 16 nitrogen and oxygen atoms in total. The lowest BCUT2D eigenvalue weighted by molar-refractivity contribution is -0.385. The molecule has 0 atom stereocenters. The molecule has 2 aliphatic heterocycles. The number of hydrogen-bond acceptors (Lipinski definition) is 13. The molecule has 16 heteroatoms. The number of rotatable bonds is 5. The molecule has 0 aliphatic carbocycles. The SMILES string of the molecule is COc1cc(N)c(C#N)c(N2CCN(C(=O)OC(C)(C)C)CC2)c1.COc1cc(N2CCN(C(=O)OC(C)(C)C)CC2)c(C#N)c([N+](=O)[O-])c1. The average molecular weight is 695 g/mol. The first-order chi connectivity index (χ1) is 23.4. The minimum absolute atomic E-state index is 0.0125. The van der Waals surface area contributed by atoms with E-state index >= 15 is 0 Å². The summed E-state index contributed by atoms with van der Waals surface area (Å²) in [6, 6.07) is 10.3. The number of carbonyl (C=O) groups excluding carboxylic acids is 2. The van der Waals surface area contributed by atoms with E-state index in [0.717, 1.165) is 5.69 Å². The van der Waals surface area contributed by atoms with Crippen molar-refractivity contribution in [2.24, 2.45) is 0 Å². The van der Waals surface area contributed by atoms with Gasteiger partial charge in [0.15, 0.2) is 5.56 Å². The van der Waals surface area contributed by atoms with Gasteiger partial charge in [0.2, 0.25) is 0 Å². The number of ether oxygens (including phenoxy) is 4. The normalized spacial score (nSPS) is 14.8. The first-order valence-electron chi connectivity index (χ1n) is 16.0. The first-order valence-corrected chi connectivity index (χ1v) is 16.0. The fraction of sp³-hybridized carbons (Fsp3) is 0.529. The molecule has 2 aromatic carbocycles. The maximum atomic E-state index is 12.1. The molecule has 0 aromatic heterocycles. The summed E-state index contributed by atoms with van der Waals surface area (Å²) in [7, 11) is 2.97. The van der Waals surface area contributed by atoms with Crippen molar-refractivity contribution < 1.29 is 33.5 Å². The van der Waals surface area contributed by atoms with Crippen LogP contribution in [0.1, 0.15) is 52.7 Å². The Kier molecular flexibility index (Phi) is 12.6. The van der Waals surface area contributed by atoms with Gasteiger partial charge in [-0.1, -0.05) is 0 Å². The molecule has 2 heterocycles. The van der Waals surface area contributed by atoms with Crippen LogP contribution in [0.5, 0.6) is 11.5 Å². The van der Waals surface area contributed by atoms with Crippen LogP contribution in [-0.4, -0.2) is 105 Å². The first kappa shape index (κ1) is 38.8. The van der Waals surface area contributed by atoms with E-state index in [0.29, 0.717) is 80.8 Å². The van der Waals surface area contributed by atoms with E-state index in [9.17, 15) is 30.2 Å². The number of nitriles is 2. The third-order valence-electron chi connectivity index (χ3n) is 7.63. The Morgan fingerprint density at radius 3 is 1.44 bits per heavy atom. The van der Waals surface area contributed by atoms with Crippen LogP contribution in [0.3, 0.4) is 0 Å². The second-order valence-corrected chi connectivity index (χ2v) is 13.5. The second kappa shape index (κ2) is 16.2. The van der Waals surface area contributed by atoms with E-state index in [-0.39, 0.29) is 17.3 Å². The fourth-order valence-corrected chi connectivity index (χ4v) is 5.24. The molecular weight excluding hydrogens is 648 g/mol. The van der Waals surface area contributed by atoms with Crippen molar-refractivity contribution in [1.29, 1.82) is 10.5 Å². The zero-order valence-electron chi connectivity index (χ0n) is 29.9. The number of carbonyl (C=O) groups is 2. The fourth-order valence-electron chi connectivity index (χ4n) is 5.24. The zero-order chi connectivity index (χ0) is 37.4. The molecular formula is C34H46N8O8. The van der Waals surface area contributed by atoms with Crippen molar-refractivity contribution in [3.05, 3.63) is 45.5 Å². The highest BCUT2D eigenvalue weighted by Gasteiger charge is 2.30. The number of hydrogen-bond donors (Lipinski definition) is 1. The Morgan fingerprint density at radius 2 is 1.10 bits per heavy atom. The van der Waals surface area contributed by atoms with Crippen LogP contribution < -0.4 is 25.0 Å². The van der Waals surface area contributed by atoms with Crippen molar-refractivity contribution in [3.8, 4) is 23.6 Å². The number of methoxy groups -OCH3 is 2. The zero-order valence-corrected chi connectivity index (χ0v) is 29.9. The van der Waals surface area contributed by atoms with Crippen LogP contribution in [0, 0.1) is 32.8 Å². The quantitative estimate of drug-likeness (QED) is 0.256. The van der Waals surface area contributed by atoms with Crippen molar-refractivity contribution in [3.63, 3.8) is 0 Å². The maximum absolute atomic E-state index is 12.1. The molecule has 0 unspecified atom stereocenters. The van der Waals surface area contributed by atoms with Crippen molar-refractivity contribution in [2.45, 2.75) is 52.7 Å². The van der Waals surface area contributed by atoms with E-state index < -0.39 is 22.2 Å². The van der Waals surface area contributed by atoms with Gasteiger partial charge in [-0.25, -0.2) is 9.59 Å². The van der Waals surface area contributed by atoms with Crippen molar-refractivity contribution in [2.75, 3.05) is 82.1 Å². The molecule has 0 bridgehead atoms. The monoisotopic (exact) mass is 694 g/mol. The maximum Gasteiger partial charge on any atom is 0.410 e. The topological polar surface area (TPSA) is 201 Å². The summed E-state index contributed by atoms with van der Waals surface area (Å²) in [5, 5.41) is 30.1. The summed E-state index contributed by atoms with van der Waals surface area (Å²) >= 11 is 0. The van der Waals surface area contributed by atoms with Gasteiger partial charge in [0, 0.05) is 70.6 Å². The number of anilines is 3. The van der Waals surface area contributed by atoms with Crippen molar-refractivity contribution in [1.82, 2.24) is 9.80 Å². The van der Waals surface area contributed by atoms with E-state index in [1.807, 2.05) is 36.6 Å². The predicted octanol–water partition coefficient (Wildman–Crippen LogP) is 4.74. The highest BCUT2D eigenvalue weighted by molar-refractivity contribution is 5.75. The van der Waals surface area contributed by atoms with Crippen LogP contribution in [0.2, 0.25) is 0 Å². The number of nitrogen functional groups attached to an aromatic ring is 1. The largest absolute Gasteiger partial charge is 0.497 e. The second-order valence-electron chi connectivity index (χ2n) is 13.5. The summed E-state index contributed by atoms with van der Waals surface area (Å²) in [4.78, 5) is 42.1. The molecule has 2 amide bonds. The van der Waals surface area contributed by atoms with E-state index in [1.54, 1.807) is 55.9 Å². The minimum Gasteiger partial charge on any atom is -0.497 e. The molecule has 0 saturated carbocycles. The number of amides is 2. The van der Waals surface area contributed by atoms with Gasteiger partial charge in [-0.15, -0.1) is 0 Å². The molecule has 50 heavy (non-hydrogen) atoms. The van der Waals surface area contributed by atoms with Crippen LogP contribution in [-0.2, 0) is 9.47 Å². The Balaban J connectivity index is 0.000000271. The van der Waals surface area contributed by atoms with Crippen molar-refractivity contribution >= 4 is 34.9 Å². The lowest BCUT2D eigenvalue weighted by Gasteiger charge is -2.37. The van der Waals surface area contributed by atoms with E-state index in [4.69, 9.17) is 24.7 Å². The number of nitro groups is 1. The van der Waals surface area contributed by atoms with Gasteiger partial charge in [0.05, 0.1) is 47.8 Å². The number of nitrogens with zero attached hydrogens (tertiary/aromatic N) is 7. The van der Waals surface area contributed by atoms with Gasteiger partial charge in [-0.3, -0.25) is 10.1 Å². The minimum atomic E-state index is -0.596. The third-order valence-corrected chi connectivity index (χ3v) is 7.63. The Labute approximate surface area is 292 Å². The van der Waals surface area contributed by atoms with E-state index in [1.165, 1.54) is 13.2 Å². The highest BCUT2D eigenvalue weighted by Crippen LogP contribution is 2.35. The van der Waals surface area contributed by atoms with Gasteiger partial charge in [-0.2, -0.15) is 10.5 Å². The summed E-state index contributed by atoms with van der Waals surface area (Å²) in [6.07, 6.45) is -0.706. The van der Waals surface area contributed by atoms with Gasteiger partial charge in [-0.05, 0) is 41.5 Å². The predicted molar refractivity (Wildman–Crippen MR) is 187 cm³/mol. The molecule has 2 fully saturated rings. The molecule has 2 aromatic rings. The van der Waals surface area contributed by atoms with Crippen LogP contribution in [0.25, 0.3) is 0 Å². The van der Waals surface area contributed by atoms with Gasteiger partial charge < -0.3 is 44.3 Å². The lowest BCUT2D eigenvalue weighted by Crippen LogP contribution is -2.50. The standard InChI is InChI=1S/C17H22N4O5.C17H24N4O3/c1-17(2,3)26-16(22)20-7-5-19(6-8-20)14-9-12(25-4)10-15(21(23)24)13(14)11-18;1-17(2,3)24-16(22)21-7-5-20(6-8-21)15-10-12(23-4)9-14(19)13(15)11-18/h9-10H,5-8H2,1-4H3;9-10H,5-8,19H2,1-4H3. The molecule has 0 spiro atoms. The van der Waals surface area contributed by atoms with Crippen LogP contribution >= 0.6 is 0 Å². The molecule has 2 aliphatic rings. The molecule has 270 valence electrons. The highest BCUT2D eigenvalue weighted by atomic mass is 16.6. The number of nitrogens with two attached hydrogens (primary N) is 1. The molecule has 2 N–H and O–H groups in total. The summed E-state index contributed by atoms with van der Waals surface area (Å²) in [6.45, 7) is 14.8. The van der Waals surface area contributed by atoms with Crippen LogP contribution in [0.15, 0.2) is 24.3 Å². The average Bonchev–Trinajstić information content (AvgIpc) is 3.06. The lowest BCUT2D eigenvalue weighted by atomic mass is 10.1. The molecule has 2 saturated heterocycles. The van der Waals surface area contributed by atoms with Crippen LogP contribution in [0.4, 0.5) is 32.3 Å². The smallest absolute Gasteiger partial charge is 0.410 e. The summed E-state index contributed by atoms with van der Waals surface area (Å²) in [5.74, 6) is 0.913. The third kappa shape index (κ3) is 10.2. The number of nitro benzene ring substituents is 1. The number of benzene rings is 2. The van der Waals surface area contributed by atoms with Gasteiger partial charge >= 0.3 is 12.2 Å². The molecule has 4 rings (SSSR count). The van der Waals surface area contributed by atoms with Gasteiger partial charge in [0.25, 0.3) is 5.69 Å². The Bertz CT molecular complexity index is 1640. The Morgan fingerprint density at radius 1 is 0.720 bits per heavy atom. The van der Waals surface area contributed by atoms with Gasteiger partial charge in [0.1, 0.15) is 34.8 Å². The summed E-state index contributed by atoms with van der Waals surface area (Å²) < 4.78 is 21.1.